The van der Waals surface area contributed by atoms with Crippen molar-refractivity contribution in [3.05, 3.63) is 36.0 Å². The molecule has 2 heterocycles. The van der Waals surface area contributed by atoms with Crippen LogP contribution in [0, 0.1) is 0 Å². The molecule has 0 spiro atoms. The predicted octanol–water partition coefficient (Wildman–Crippen LogP) is 0.208. The number of ether oxygens (including phenoxy) is 1. The van der Waals surface area contributed by atoms with Crippen LogP contribution in [0.4, 0.5) is 16.2 Å². The summed E-state index contributed by atoms with van der Waals surface area (Å²) in [5.74, 6) is -0.963. The Hall–Kier alpha value is -2.91. The topological polar surface area (TPSA) is 111 Å². The monoisotopic (exact) mass is 360 g/mol. The highest BCUT2D eigenvalue weighted by Crippen LogP contribution is 2.20. The fourth-order valence-corrected chi connectivity index (χ4v) is 2.71. The Morgan fingerprint density at radius 1 is 1.19 bits per heavy atom. The molecule has 3 rings (SSSR count). The number of carbonyl (C=O) groups is 3. The van der Waals surface area contributed by atoms with Gasteiger partial charge in [0.25, 0.3) is 11.8 Å². The Morgan fingerprint density at radius 3 is 2.65 bits per heavy atom. The minimum absolute atomic E-state index is 0.0466. The maximum absolute atomic E-state index is 12.2. The highest BCUT2D eigenvalue weighted by molar-refractivity contribution is 6.17. The van der Waals surface area contributed by atoms with Crippen molar-refractivity contribution in [1.82, 2.24) is 9.80 Å². The van der Waals surface area contributed by atoms with Crippen LogP contribution in [-0.2, 0) is 14.3 Å². The van der Waals surface area contributed by atoms with Gasteiger partial charge in [-0.25, -0.2) is 4.79 Å². The van der Waals surface area contributed by atoms with Crippen LogP contribution in [0.1, 0.15) is 0 Å². The largest absolute Gasteiger partial charge is 0.395 e. The van der Waals surface area contributed by atoms with Crippen molar-refractivity contribution in [2.45, 2.75) is 0 Å². The maximum Gasteiger partial charge on any atom is 0.322 e. The smallest absolute Gasteiger partial charge is 0.322 e. The van der Waals surface area contributed by atoms with Crippen LogP contribution in [0.3, 0.4) is 0 Å². The second-order valence-corrected chi connectivity index (χ2v) is 5.81. The van der Waals surface area contributed by atoms with Crippen LogP contribution in [0.5, 0.6) is 0 Å². The molecular weight excluding hydrogens is 340 g/mol. The van der Waals surface area contributed by atoms with Gasteiger partial charge in [0.2, 0.25) is 0 Å². The molecule has 0 aliphatic carbocycles. The number of benzene rings is 1. The van der Waals surface area contributed by atoms with Crippen molar-refractivity contribution in [2.75, 3.05) is 50.1 Å². The summed E-state index contributed by atoms with van der Waals surface area (Å²) in [6, 6.07) is 6.64. The summed E-state index contributed by atoms with van der Waals surface area (Å²) in [5.41, 5.74) is 1.25. The summed E-state index contributed by atoms with van der Waals surface area (Å²) in [4.78, 5) is 38.8. The molecule has 0 aromatic heterocycles. The Morgan fingerprint density at radius 2 is 1.92 bits per heavy atom. The minimum atomic E-state index is -0.494. The summed E-state index contributed by atoms with van der Waals surface area (Å²) in [5, 5.41) is 14.6. The number of rotatable bonds is 5. The zero-order valence-electron chi connectivity index (χ0n) is 14.1. The lowest BCUT2D eigenvalue weighted by Gasteiger charge is -2.27. The van der Waals surface area contributed by atoms with E-state index in [9.17, 15) is 14.4 Å². The highest BCUT2D eigenvalue weighted by atomic mass is 16.5. The number of anilines is 2. The van der Waals surface area contributed by atoms with Crippen LogP contribution in [-0.4, -0.2) is 72.2 Å². The molecule has 0 saturated carbocycles. The van der Waals surface area contributed by atoms with E-state index < -0.39 is 11.8 Å². The molecular formula is C17H20N4O5. The summed E-state index contributed by atoms with van der Waals surface area (Å²) in [7, 11) is 0. The number of amides is 4. The number of nitrogens with one attached hydrogen (secondary N) is 2. The number of aliphatic hydroxyl groups excluding tert-OH is 1. The van der Waals surface area contributed by atoms with Crippen molar-refractivity contribution in [1.29, 1.82) is 0 Å². The van der Waals surface area contributed by atoms with Crippen molar-refractivity contribution >= 4 is 29.2 Å². The number of nitrogens with zero attached hydrogens (tertiary/aromatic N) is 2. The van der Waals surface area contributed by atoms with Gasteiger partial charge in [0, 0.05) is 30.5 Å². The Bertz CT molecular complexity index is 742. The zero-order valence-corrected chi connectivity index (χ0v) is 14.1. The average Bonchev–Trinajstić information content (AvgIpc) is 2.90. The summed E-state index contributed by atoms with van der Waals surface area (Å²) in [6.07, 6.45) is 1.19. The van der Waals surface area contributed by atoms with E-state index in [-0.39, 0.29) is 24.9 Å². The number of aliphatic hydroxyl groups is 1. The fourth-order valence-electron chi connectivity index (χ4n) is 2.71. The van der Waals surface area contributed by atoms with Gasteiger partial charge in [-0.1, -0.05) is 6.07 Å². The summed E-state index contributed by atoms with van der Waals surface area (Å²) >= 11 is 0. The van der Waals surface area contributed by atoms with Gasteiger partial charge >= 0.3 is 6.03 Å². The Kier molecular flexibility index (Phi) is 5.49. The second-order valence-electron chi connectivity index (χ2n) is 5.81. The van der Waals surface area contributed by atoms with Crippen LogP contribution in [0.25, 0.3) is 0 Å². The van der Waals surface area contributed by atoms with Gasteiger partial charge in [-0.05, 0) is 18.2 Å². The highest BCUT2D eigenvalue weighted by Gasteiger charge is 2.30. The molecule has 9 nitrogen and oxygen atoms in total. The molecule has 0 radical (unpaired) electrons. The summed E-state index contributed by atoms with van der Waals surface area (Å²) < 4.78 is 5.22. The van der Waals surface area contributed by atoms with Crippen molar-refractivity contribution < 1.29 is 24.2 Å². The third-order valence-corrected chi connectivity index (χ3v) is 4.02. The molecule has 2 aliphatic rings. The molecule has 1 saturated heterocycles. The lowest BCUT2D eigenvalue weighted by Crippen LogP contribution is -2.43. The number of imide groups is 1. The van der Waals surface area contributed by atoms with Gasteiger partial charge < -0.3 is 25.4 Å². The van der Waals surface area contributed by atoms with Crippen LogP contribution in [0.2, 0.25) is 0 Å². The zero-order chi connectivity index (χ0) is 18.5. The first-order chi connectivity index (χ1) is 12.6. The first-order valence-electron chi connectivity index (χ1n) is 8.27. The van der Waals surface area contributed by atoms with Gasteiger partial charge in [0.1, 0.15) is 5.70 Å². The SMILES string of the molecule is O=C(Nc1cccc(NC2=CC(=O)N(CCO)C2=O)c1)N1CCOCC1. The summed E-state index contributed by atoms with van der Waals surface area (Å²) in [6.45, 7) is 1.77. The lowest BCUT2D eigenvalue weighted by molar-refractivity contribution is -0.137. The van der Waals surface area contributed by atoms with E-state index in [2.05, 4.69) is 10.6 Å². The van der Waals surface area contributed by atoms with E-state index in [0.29, 0.717) is 37.7 Å². The number of urea groups is 1. The van der Waals surface area contributed by atoms with Crippen LogP contribution in [0.15, 0.2) is 36.0 Å². The van der Waals surface area contributed by atoms with Gasteiger partial charge in [-0.15, -0.1) is 0 Å². The number of β-amino-alcohol motifs (C(OH)–C–C–N with tert-alkyl or cyclic N) is 1. The molecule has 0 atom stereocenters. The molecule has 1 aromatic carbocycles. The van der Waals surface area contributed by atoms with Gasteiger partial charge in [0.15, 0.2) is 0 Å². The first kappa shape index (κ1) is 17.9. The average molecular weight is 360 g/mol. The standard InChI is InChI=1S/C17H20N4O5/c22-7-4-21-15(23)11-14(16(21)24)18-12-2-1-3-13(10-12)19-17(25)20-5-8-26-9-6-20/h1-3,10-11,18,22H,4-9H2,(H,19,25). The van der Waals surface area contributed by atoms with Crippen LogP contribution < -0.4 is 10.6 Å². The molecule has 2 aliphatic heterocycles. The third-order valence-electron chi connectivity index (χ3n) is 4.02. The molecule has 1 aromatic rings. The van der Waals surface area contributed by atoms with E-state index in [0.717, 1.165) is 4.90 Å². The second kappa shape index (κ2) is 7.98. The molecule has 4 amide bonds. The maximum atomic E-state index is 12.2. The molecule has 138 valence electrons. The quantitative estimate of drug-likeness (QED) is 0.647. The fraction of sp³-hybridized carbons (Fsp3) is 0.353. The number of hydrogen-bond acceptors (Lipinski definition) is 6. The Balaban J connectivity index is 1.64. The lowest BCUT2D eigenvalue weighted by atomic mass is 10.2. The Labute approximate surface area is 150 Å². The molecule has 0 bridgehead atoms. The molecule has 1 fully saturated rings. The van der Waals surface area contributed by atoms with E-state index in [1.807, 2.05) is 0 Å². The molecule has 3 N–H and O–H groups in total. The normalized spacial score (nSPS) is 17.3. The van der Waals surface area contributed by atoms with Crippen LogP contribution >= 0.6 is 0 Å². The van der Waals surface area contributed by atoms with E-state index in [1.165, 1.54) is 6.08 Å². The van der Waals surface area contributed by atoms with E-state index in [4.69, 9.17) is 9.84 Å². The number of carbonyl (C=O) groups excluding carboxylic acids is 3. The third kappa shape index (κ3) is 4.01. The van der Waals surface area contributed by atoms with Gasteiger partial charge in [-0.2, -0.15) is 0 Å². The van der Waals surface area contributed by atoms with Crippen molar-refractivity contribution in [3.8, 4) is 0 Å². The molecule has 26 heavy (non-hydrogen) atoms. The first-order valence-corrected chi connectivity index (χ1v) is 8.27. The van der Waals surface area contributed by atoms with E-state index >= 15 is 0 Å². The number of hydrogen-bond donors (Lipinski definition) is 3. The minimum Gasteiger partial charge on any atom is -0.395 e. The van der Waals surface area contributed by atoms with Crippen molar-refractivity contribution in [3.63, 3.8) is 0 Å². The van der Waals surface area contributed by atoms with Crippen molar-refractivity contribution in [2.24, 2.45) is 0 Å². The number of morpholine rings is 1. The van der Waals surface area contributed by atoms with E-state index in [1.54, 1.807) is 29.2 Å². The molecule has 9 heteroatoms. The predicted molar refractivity (Wildman–Crippen MR) is 93.4 cm³/mol. The molecule has 0 unspecified atom stereocenters. The van der Waals surface area contributed by atoms with Gasteiger partial charge in [-0.3, -0.25) is 14.5 Å². The van der Waals surface area contributed by atoms with Gasteiger partial charge in [0.05, 0.1) is 26.4 Å².